The first-order valence-corrected chi connectivity index (χ1v) is 7.73. The zero-order chi connectivity index (χ0) is 16.1. The van der Waals surface area contributed by atoms with Crippen LogP contribution in [0, 0.1) is 0 Å². The minimum absolute atomic E-state index is 0.703. The molecule has 0 fully saturated rings. The van der Waals surface area contributed by atoms with Gasteiger partial charge < -0.3 is 4.57 Å². The normalized spacial score (nSPS) is 10.9. The highest BCUT2D eigenvalue weighted by molar-refractivity contribution is 6.30. The molecule has 0 aliphatic carbocycles. The average Bonchev–Trinajstić information content (AvgIpc) is 2.58. The van der Waals surface area contributed by atoms with Crippen LogP contribution >= 0.6 is 23.2 Å². The number of nitrogens with zero attached hydrogens (tertiary/aromatic N) is 3. The molecule has 1 heterocycles. The maximum atomic E-state index is 5.89. The molecular weight excluding hydrogens is 329 g/mol. The van der Waals surface area contributed by atoms with Crippen LogP contribution in [-0.2, 0) is 0 Å². The van der Waals surface area contributed by atoms with E-state index in [0.717, 1.165) is 21.6 Å². The molecule has 0 aliphatic heterocycles. The lowest BCUT2D eigenvalue weighted by Crippen LogP contribution is -2.03. The molecule has 114 valence electrons. The third-order valence-electron chi connectivity index (χ3n) is 3.19. The van der Waals surface area contributed by atoms with Gasteiger partial charge in [-0.2, -0.15) is 10.2 Å². The number of aromatic nitrogens is 1. The van der Waals surface area contributed by atoms with Crippen LogP contribution in [0.1, 0.15) is 5.56 Å². The van der Waals surface area contributed by atoms with E-state index in [1.807, 2.05) is 77.6 Å². The molecule has 0 radical (unpaired) electrons. The van der Waals surface area contributed by atoms with Gasteiger partial charge in [-0.15, -0.1) is 0 Å². The van der Waals surface area contributed by atoms with Crippen molar-refractivity contribution in [2.24, 2.45) is 10.2 Å². The van der Waals surface area contributed by atoms with Crippen LogP contribution in [0.15, 0.2) is 83.3 Å². The molecule has 23 heavy (non-hydrogen) atoms. The number of hydrogen-bond acceptors (Lipinski definition) is 2. The van der Waals surface area contributed by atoms with Gasteiger partial charge in [0.2, 0.25) is 0 Å². The summed E-state index contributed by atoms with van der Waals surface area (Å²) in [5, 5.41) is 10.5. The lowest BCUT2D eigenvalue weighted by molar-refractivity contribution is 1.02. The van der Waals surface area contributed by atoms with Gasteiger partial charge in [-0.3, -0.25) is 0 Å². The van der Waals surface area contributed by atoms with Gasteiger partial charge in [-0.05, 0) is 54.1 Å². The highest BCUT2D eigenvalue weighted by atomic mass is 35.5. The first-order chi connectivity index (χ1) is 11.2. The zero-order valence-electron chi connectivity index (χ0n) is 12.1. The van der Waals surface area contributed by atoms with Gasteiger partial charge in [0.1, 0.15) is 0 Å². The summed E-state index contributed by atoms with van der Waals surface area (Å²) in [5.41, 5.74) is 1.98. The molecule has 3 nitrogen and oxygen atoms in total. The number of benzene rings is 2. The predicted molar refractivity (Wildman–Crippen MR) is 95.4 cm³/mol. The largest absolute Gasteiger partial charge is 0.324 e. The maximum absolute atomic E-state index is 5.89. The zero-order valence-corrected chi connectivity index (χ0v) is 13.6. The Kier molecular flexibility index (Phi) is 4.91. The van der Waals surface area contributed by atoms with E-state index >= 15 is 0 Å². The molecule has 1 aromatic heterocycles. The molecular formula is C18H13Cl2N3. The Hall–Kier alpha value is -2.36. The maximum Gasteiger partial charge on any atom is 0.0886 e. The smallest absolute Gasteiger partial charge is 0.0886 e. The second kappa shape index (κ2) is 7.27. The molecule has 0 spiro atoms. The van der Waals surface area contributed by atoms with Gasteiger partial charge in [0.25, 0.3) is 0 Å². The Bertz CT molecular complexity index is 859. The molecule has 3 aromatic rings. The Labute approximate surface area is 144 Å². The summed E-state index contributed by atoms with van der Waals surface area (Å²) in [5.74, 6) is 0. The molecule has 5 heteroatoms. The minimum Gasteiger partial charge on any atom is -0.324 e. The average molecular weight is 342 g/mol. The first-order valence-electron chi connectivity index (χ1n) is 6.98. The third kappa shape index (κ3) is 4.31. The summed E-state index contributed by atoms with van der Waals surface area (Å²) in [6.45, 7) is 0. The first kappa shape index (κ1) is 15.5. The molecule has 0 saturated carbocycles. The third-order valence-corrected chi connectivity index (χ3v) is 3.69. The van der Waals surface area contributed by atoms with E-state index in [4.69, 9.17) is 23.2 Å². The number of pyridine rings is 1. The molecule has 0 saturated heterocycles. The second-order valence-electron chi connectivity index (χ2n) is 4.84. The number of rotatable bonds is 3. The van der Waals surface area contributed by atoms with Crippen molar-refractivity contribution >= 4 is 29.4 Å². The lowest BCUT2D eigenvalue weighted by Gasteiger charge is -2.05. The molecule has 0 bridgehead atoms. The fraction of sp³-hybridized carbons (Fsp3) is 0. The van der Waals surface area contributed by atoms with Crippen molar-refractivity contribution in [3.63, 3.8) is 0 Å². The van der Waals surface area contributed by atoms with Gasteiger partial charge in [-0.1, -0.05) is 35.3 Å². The fourth-order valence-corrected chi connectivity index (χ4v) is 2.23. The standard InChI is InChI=1S/C18H13Cl2N3/c19-15-3-1-14(2-4-15)13-21-22-17-9-11-23(12-10-17)18-7-5-16(20)6-8-18/h1-13H/b21-13-. The van der Waals surface area contributed by atoms with Gasteiger partial charge in [0.05, 0.1) is 11.6 Å². The molecule has 3 rings (SSSR count). The summed E-state index contributed by atoms with van der Waals surface area (Å²) in [6, 6.07) is 18.8. The quantitative estimate of drug-likeness (QED) is 0.487. The Morgan fingerprint density at radius 1 is 0.739 bits per heavy atom. The monoisotopic (exact) mass is 341 g/mol. The van der Waals surface area contributed by atoms with Crippen LogP contribution in [0.4, 0.5) is 0 Å². The predicted octanol–water partition coefficient (Wildman–Crippen LogP) is 4.72. The summed E-state index contributed by atoms with van der Waals surface area (Å²) < 4.78 is 1.98. The topological polar surface area (TPSA) is 29.6 Å². The van der Waals surface area contributed by atoms with E-state index < -0.39 is 0 Å². The lowest BCUT2D eigenvalue weighted by atomic mass is 10.2. The molecule has 0 atom stereocenters. The molecule has 0 aliphatic rings. The van der Waals surface area contributed by atoms with Crippen molar-refractivity contribution < 1.29 is 0 Å². The second-order valence-corrected chi connectivity index (χ2v) is 5.71. The van der Waals surface area contributed by atoms with E-state index in [0.29, 0.717) is 5.02 Å². The van der Waals surface area contributed by atoms with E-state index in [-0.39, 0.29) is 0 Å². The minimum atomic E-state index is 0.703. The SMILES string of the molecule is Clc1ccc(/C=N\N=c2ccn(-c3ccc(Cl)cc3)cc2)cc1. The molecule has 2 aromatic carbocycles. The van der Waals surface area contributed by atoms with Crippen LogP contribution in [-0.4, -0.2) is 10.8 Å². The Balaban J connectivity index is 1.76. The van der Waals surface area contributed by atoms with Gasteiger partial charge in [0.15, 0.2) is 0 Å². The number of halogens is 2. The van der Waals surface area contributed by atoms with Crippen LogP contribution < -0.4 is 5.36 Å². The van der Waals surface area contributed by atoms with Crippen molar-refractivity contribution in [2.45, 2.75) is 0 Å². The van der Waals surface area contributed by atoms with Crippen LogP contribution in [0.3, 0.4) is 0 Å². The molecule has 0 unspecified atom stereocenters. The van der Waals surface area contributed by atoms with Crippen molar-refractivity contribution in [1.82, 2.24) is 4.57 Å². The summed E-state index contributed by atoms with van der Waals surface area (Å²) >= 11 is 11.7. The van der Waals surface area contributed by atoms with Gasteiger partial charge in [0, 0.05) is 28.1 Å². The van der Waals surface area contributed by atoms with Crippen LogP contribution in [0.25, 0.3) is 5.69 Å². The van der Waals surface area contributed by atoms with E-state index in [1.165, 1.54) is 0 Å². The summed E-state index contributed by atoms with van der Waals surface area (Å²) in [4.78, 5) is 0. The van der Waals surface area contributed by atoms with Crippen molar-refractivity contribution in [3.8, 4) is 5.69 Å². The van der Waals surface area contributed by atoms with E-state index in [1.54, 1.807) is 6.21 Å². The number of hydrogen-bond donors (Lipinski definition) is 0. The summed E-state index contributed by atoms with van der Waals surface area (Å²) in [7, 11) is 0. The van der Waals surface area contributed by atoms with Crippen LogP contribution in [0.2, 0.25) is 10.0 Å². The van der Waals surface area contributed by atoms with Gasteiger partial charge >= 0.3 is 0 Å². The molecule has 0 N–H and O–H groups in total. The highest BCUT2D eigenvalue weighted by Gasteiger charge is 1.93. The van der Waals surface area contributed by atoms with E-state index in [2.05, 4.69) is 10.2 Å². The Morgan fingerprint density at radius 3 is 1.91 bits per heavy atom. The van der Waals surface area contributed by atoms with Gasteiger partial charge in [-0.25, -0.2) is 0 Å². The van der Waals surface area contributed by atoms with Crippen LogP contribution in [0.5, 0.6) is 0 Å². The fourth-order valence-electron chi connectivity index (χ4n) is 1.98. The van der Waals surface area contributed by atoms with Crippen molar-refractivity contribution in [2.75, 3.05) is 0 Å². The van der Waals surface area contributed by atoms with Crippen molar-refractivity contribution in [3.05, 3.63) is 94.0 Å². The Morgan fingerprint density at radius 2 is 1.30 bits per heavy atom. The van der Waals surface area contributed by atoms with E-state index in [9.17, 15) is 0 Å². The summed E-state index contributed by atoms with van der Waals surface area (Å²) in [6.07, 6.45) is 5.55. The highest BCUT2D eigenvalue weighted by Crippen LogP contribution is 2.12. The van der Waals surface area contributed by atoms with Crippen molar-refractivity contribution in [1.29, 1.82) is 0 Å². The molecule has 0 amide bonds.